The minimum atomic E-state index is 0.0226. The Hall–Kier alpha value is -2.26. The third-order valence-corrected chi connectivity index (χ3v) is 5.69. The van der Waals surface area contributed by atoms with Crippen LogP contribution in [-0.4, -0.2) is 0 Å². The first-order valence-corrected chi connectivity index (χ1v) is 10.1. The number of benzene rings is 1. The summed E-state index contributed by atoms with van der Waals surface area (Å²) in [6, 6.07) is 6.53. The molecule has 1 atom stereocenters. The summed E-state index contributed by atoms with van der Waals surface area (Å²) >= 11 is 0. The number of hydrogen-bond acceptors (Lipinski definition) is 3. The molecule has 3 nitrogen and oxygen atoms in total. The first-order valence-electron chi connectivity index (χ1n) is 10.1. The Morgan fingerprint density at radius 1 is 1.18 bits per heavy atom. The monoisotopic (exact) mass is 378 g/mol. The van der Waals surface area contributed by atoms with Crippen LogP contribution < -0.4 is 11.3 Å². The second-order valence-electron chi connectivity index (χ2n) is 9.80. The van der Waals surface area contributed by atoms with Gasteiger partial charge in [0.05, 0.1) is 11.9 Å². The van der Waals surface area contributed by atoms with Crippen molar-refractivity contribution in [1.29, 1.82) is 0 Å². The molecule has 0 fully saturated rings. The number of nitrogens with two attached hydrogens (primary N) is 1. The number of nitrogens with one attached hydrogen (secondary N) is 1. The largest absolute Gasteiger partial charge is 0.469 e. The van der Waals surface area contributed by atoms with E-state index in [9.17, 15) is 0 Å². The van der Waals surface area contributed by atoms with Gasteiger partial charge < -0.3 is 10.2 Å². The van der Waals surface area contributed by atoms with Crippen LogP contribution in [0.1, 0.15) is 66.0 Å². The van der Waals surface area contributed by atoms with E-state index >= 15 is 0 Å². The van der Waals surface area contributed by atoms with Gasteiger partial charge in [-0.25, -0.2) is 0 Å². The SMILES string of the molecule is C/C=C(\c1cc(C2=C(C(C)(C)C)CC3C=COC3=C2)ccc1NN)C(C)(C)C. The van der Waals surface area contributed by atoms with Crippen LogP contribution >= 0.6 is 0 Å². The van der Waals surface area contributed by atoms with Gasteiger partial charge >= 0.3 is 0 Å². The van der Waals surface area contributed by atoms with Gasteiger partial charge in [-0.05, 0) is 65.2 Å². The molecule has 0 bridgehead atoms. The van der Waals surface area contributed by atoms with Gasteiger partial charge in [-0.1, -0.05) is 59.3 Å². The predicted octanol–water partition coefficient (Wildman–Crippen LogP) is 6.67. The maximum Gasteiger partial charge on any atom is 0.111 e. The molecule has 150 valence electrons. The molecule has 0 saturated carbocycles. The highest BCUT2D eigenvalue weighted by atomic mass is 16.5. The average molecular weight is 379 g/mol. The number of ether oxygens (including phenoxy) is 1. The zero-order chi connectivity index (χ0) is 20.7. The summed E-state index contributed by atoms with van der Waals surface area (Å²) < 4.78 is 5.77. The summed E-state index contributed by atoms with van der Waals surface area (Å²) in [7, 11) is 0. The maximum atomic E-state index is 5.85. The number of hydrazine groups is 1. The molecule has 1 heterocycles. The van der Waals surface area contributed by atoms with Gasteiger partial charge in [0, 0.05) is 11.5 Å². The van der Waals surface area contributed by atoms with Gasteiger partial charge in [-0.15, -0.1) is 0 Å². The molecule has 0 saturated heterocycles. The van der Waals surface area contributed by atoms with E-state index in [0.29, 0.717) is 5.92 Å². The number of allylic oxidation sites excluding steroid dienone is 6. The number of fused-ring (bicyclic) bond motifs is 1. The summed E-state index contributed by atoms with van der Waals surface area (Å²) in [6.07, 6.45) is 9.42. The Balaban J connectivity index is 2.20. The molecule has 1 unspecified atom stereocenters. The van der Waals surface area contributed by atoms with E-state index in [-0.39, 0.29) is 10.8 Å². The Morgan fingerprint density at radius 3 is 2.46 bits per heavy atom. The lowest BCUT2D eigenvalue weighted by Gasteiger charge is -2.32. The van der Waals surface area contributed by atoms with Crippen molar-refractivity contribution in [2.45, 2.75) is 54.9 Å². The van der Waals surface area contributed by atoms with E-state index in [4.69, 9.17) is 10.6 Å². The number of rotatable bonds is 3. The normalized spacial score (nSPS) is 20.1. The standard InChI is InChI=1S/C25H34N2O/c1-8-20(24(2,3)4)19-13-16(9-10-22(19)27-26)18-15-23-17(11-12-28-23)14-21(18)25(5,6)7/h8-13,15,17,27H,14,26H2,1-7H3/b20-8+. The van der Waals surface area contributed by atoms with Gasteiger partial charge in [0.1, 0.15) is 5.76 Å². The first kappa shape index (κ1) is 20.5. The molecule has 1 aromatic carbocycles. The van der Waals surface area contributed by atoms with Gasteiger partial charge in [-0.3, -0.25) is 5.84 Å². The van der Waals surface area contributed by atoms with Crippen molar-refractivity contribution in [1.82, 2.24) is 0 Å². The van der Waals surface area contributed by atoms with Crippen molar-refractivity contribution >= 4 is 16.8 Å². The van der Waals surface area contributed by atoms with Gasteiger partial charge in [0.15, 0.2) is 0 Å². The molecule has 3 heteroatoms. The molecule has 2 aliphatic rings. The smallest absolute Gasteiger partial charge is 0.111 e. The minimum absolute atomic E-state index is 0.0226. The Morgan fingerprint density at radius 2 is 1.89 bits per heavy atom. The molecular formula is C25H34N2O. The minimum Gasteiger partial charge on any atom is -0.469 e. The Kier molecular flexibility index (Phi) is 5.33. The third kappa shape index (κ3) is 3.81. The van der Waals surface area contributed by atoms with E-state index in [1.165, 1.54) is 22.3 Å². The lowest BCUT2D eigenvalue weighted by atomic mass is 9.73. The zero-order valence-electron chi connectivity index (χ0n) is 18.3. The Labute approximate surface area is 170 Å². The average Bonchev–Trinajstić information content (AvgIpc) is 3.06. The number of anilines is 1. The zero-order valence-corrected chi connectivity index (χ0v) is 18.3. The van der Waals surface area contributed by atoms with Crippen LogP contribution in [0.25, 0.3) is 11.1 Å². The van der Waals surface area contributed by atoms with E-state index < -0.39 is 0 Å². The van der Waals surface area contributed by atoms with Crippen LogP contribution in [0.5, 0.6) is 0 Å². The topological polar surface area (TPSA) is 47.3 Å². The quantitative estimate of drug-likeness (QED) is 0.456. The lowest BCUT2D eigenvalue weighted by molar-refractivity contribution is 0.333. The first-order chi connectivity index (χ1) is 13.1. The molecule has 1 aliphatic heterocycles. The van der Waals surface area contributed by atoms with Gasteiger partial charge in [0.2, 0.25) is 0 Å². The molecule has 3 N–H and O–H groups in total. The summed E-state index contributed by atoms with van der Waals surface area (Å²) in [5, 5.41) is 0. The molecule has 0 aromatic heterocycles. The molecule has 28 heavy (non-hydrogen) atoms. The van der Waals surface area contributed by atoms with Crippen LogP contribution in [0.3, 0.4) is 0 Å². The van der Waals surface area contributed by atoms with Crippen LogP contribution in [0.2, 0.25) is 0 Å². The van der Waals surface area contributed by atoms with Gasteiger partial charge in [-0.2, -0.15) is 0 Å². The van der Waals surface area contributed by atoms with Crippen LogP contribution in [0.4, 0.5) is 5.69 Å². The fourth-order valence-corrected chi connectivity index (χ4v) is 4.28. The van der Waals surface area contributed by atoms with Crippen molar-refractivity contribution in [3.63, 3.8) is 0 Å². The van der Waals surface area contributed by atoms with Crippen LogP contribution in [-0.2, 0) is 4.74 Å². The van der Waals surface area contributed by atoms with E-state index in [0.717, 1.165) is 23.4 Å². The summed E-state index contributed by atoms with van der Waals surface area (Å²) in [5.41, 5.74) is 10.3. The molecule has 0 amide bonds. The second kappa shape index (κ2) is 7.29. The number of hydrogen-bond donors (Lipinski definition) is 2. The lowest BCUT2D eigenvalue weighted by Crippen LogP contribution is -2.18. The molecule has 1 aromatic rings. The molecule has 1 aliphatic carbocycles. The van der Waals surface area contributed by atoms with Crippen LogP contribution in [0.15, 0.2) is 54.0 Å². The molecular weight excluding hydrogens is 344 g/mol. The number of nitrogen functional groups attached to an aromatic ring is 1. The van der Waals surface area contributed by atoms with Crippen molar-refractivity contribution in [3.8, 4) is 0 Å². The van der Waals surface area contributed by atoms with Crippen molar-refractivity contribution < 1.29 is 4.74 Å². The fraction of sp³-hybridized carbons (Fsp3) is 0.440. The second-order valence-corrected chi connectivity index (χ2v) is 9.80. The summed E-state index contributed by atoms with van der Waals surface area (Å²) in [5.74, 6) is 7.26. The fourth-order valence-electron chi connectivity index (χ4n) is 4.28. The van der Waals surface area contributed by atoms with Crippen molar-refractivity contribution in [2.24, 2.45) is 22.6 Å². The highest BCUT2D eigenvalue weighted by molar-refractivity contribution is 5.86. The van der Waals surface area contributed by atoms with Crippen molar-refractivity contribution in [3.05, 3.63) is 65.1 Å². The van der Waals surface area contributed by atoms with Gasteiger partial charge in [0.25, 0.3) is 0 Å². The van der Waals surface area contributed by atoms with E-state index in [1.54, 1.807) is 0 Å². The highest BCUT2D eigenvalue weighted by Gasteiger charge is 2.32. The molecule has 0 spiro atoms. The highest BCUT2D eigenvalue weighted by Crippen LogP contribution is 2.46. The molecule has 0 radical (unpaired) electrons. The van der Waals surface area contributed by atoms with Crippen LogP contribution in [0, 0.1) is 16.7 Å². The maximum absolute atomic E-state index is 5.85. The molecule has 3 rings (SSSR count). The predicted molar refractivity (Wildman–Crippen MR) is 120 cm³/mol. The van der Waals surface area contributed by atoms with Crippen molar-refractivity contribution in [2.75, 3.05) is 5.43 Å². The third-order valence-electron chi connectivity index (χ3n) is 5.69. The summed E-state index contributed by atoms with van der Waals surface area (Å²) in [6.45, 7) is 15.7. The van der Waals surface area contributed by atoms with E-state index in [1.807, 2.05) is 6.26 Å². The van der Waals surface area contributed by atoms with E-state index in [2.05, 4.69) is 90.3 Å². The Bertz CT molecular complexity index is 886. The summed E-state index contributed by atoms with van der Waals surface area (Å²) in [4.78, 5) is 0.